The zero-order valence-corrected chi connectivity index (χ0v) is 14.4. The highest BCUT2D eigenvalue weighted by Crippen LogP contribution is 2.30. The van der Waals surface area contributed by atoms with E-state index in [1.165, 1.54) is 6.08 Å². The van der Waals surface area contributed by atoms with E-state index in [4.69, 9.17) is 0 Å². The molecule has 1 aromatic heterocycles. The number of rotatable bonds is 4. The SMILES string of the molecule is C=CC(=O)N1CCCc2c(C(=O)NC(C)c3nncn3C)cccc21. The van der Waals surface area contributed by atoms with Gasteiger partial charge in [0.25, 0.3) is 5.91 Å². The molecule has 1 aliphatic heterocycles. The minimum absolute atomic E-state index is 0.147. The second-order valence-corrected chi connectivity index (χ2v) is 6.10. The van der Waals surface area contributed by atoms with Gasteiger partial charge in [-0.05, 0) is 43.5 Å². The third kappa shape index (κ3) is 3.17. The van der Waals surface area contributed by atoms with E-state index in [1.807, 2.05) is 20.0 Å². The van der Waals surface area contributed by atoms with Gasteiger partial charge in [-0.1, -0.05) is 12.6 Å². The fraction of sp³-hybridized carbons (Fsp3) is 0.333. The summed E-state index contributed by atoms with van der Waals surface area (Å²) in [6.07, 6.45) is 4.48. The maximum Gasteiger partial charge on any atom is 0.252 e. The molecule has 1 unspecified atom stereocenters. The first-order valence-corrected chi connectivity index (χ1v) is 8.23. The quantitative estimate of drug-likeness (QED) is 0.861. The van der Waals surface area contributed by atoms with Crippen molar-refractivity contribution in [2.45, 2.75) is 25.8 Å². The fourth-order valence-corrected chi connectivity index (χ4v) is 3.20. The molecule has 1 atom stereocenters. The van der Waals surface area contributed by atoms with Gasteiger partial charge in [0.05, 0.1) is 6.04 Å². The molecule has 0 saturated heterocycles. The van der Waals surface area contributed by atoms with Gasteiger partial charge in [-0.3, -0.25) is 9.59 Å². The summed E-state index contributed by atoms with van der Waals surface area (Å²) in [4.78, 5) is 26.5. The Hall–Kier alpha value is -2.96. The Balaban J connectivity index is 1.88. The Morgan fingerprint density at radius 1 is 1.40 bits per heavy atom. The highest BCUT2D eigenvalue weighted by molar-refractivity contribution is 6.04. The number of nitrogens with zero attached hydrogens (tertiary/aromatic N) is 4. The number of aryl methyl sites for hydroxylation is 1. The molecule has 2 amide bonds. The first-order chi connectivity index (χ1) is 12.0. The number of carbonyl (C=O) groups excluding carboxylic acids is 2. The van der Waals surface area contributed by atoms with Crippen LogP contribution in [0.5, 0.6) is 0 Å². The number of amides is 2. The van der Waals surface area contributed by atoms with Crippen LogP contribution in [0.3, 0.4) is 0 Å². The number of nitrogens with one attached hydrogen (secondary N) is 1. The van der Waals surface area contributed by atoms with E-state index in [-0.39, 0.29) is 17.9 Å². The predicted molar refractivity (Wildman–Crippen MR) is 94.2 cm³/mol. The second-order valence-electron chi connectivity index (χ2n) is 6.10. The number of fused-ring (bicyclic) bond motifs is 1. The van der Waals surface area contributed by atoms with Crippen LogP contribution in [0.2, 0.25) is 0 Å². The van der Waals surface area contributed by atoms with Crippen LogP contribution in [0.1, 0.15) is 41.1 Å². The van der Waals surface area contributed by atoms with Crippen LogP contribution in [0.15, 0.2) is 37.2 Å². The van der Waals surface area contributed by atoms with Crippen molar-refractivity contribution in [2.75, 3.05) is 11.4 Å². The molecule has 0 spiro atoms. The topological polar surface area (TPSA) is 80.1 Å². The zero-order chi connectivity index (χ0) is 18.0. The highest BCUT2D eigenvalue weighted by Gasteiger charge is 2.25. The molecule has 2 aromatic rings. The lowest BCUT2D eigenvalue weighted by molar-refractivity contribution is -0.114. The average molecular weight is 339 g/mol. The van der Waals surface area contributed by atoms with Crippen molar-refractivity contribution >= 4 is 17.5 Å². The third-order valence-corrected chi connectivity index (χ3v) is 4.42. The van der Waals surface area contributed by atoms with Gasteiger partial charge in [0.2, 0.25) is 5.91 Å². The molecule has 0 aliphatic carbocycles. The van der Waals surface area contributed by atoms with Crippen molar-refractivity contribution in [3.8, 4) is 0 Å². The van der Waals surface area contributed by atoms with E-state index in [0.717, 1.165) is 24.1 Å². The van der Waals surface area contributed by atoms with E-state index in [9.17, 15) is 9.59 Å². The van der Waals surface area contributed by atoms with Gasteiger partial charge in [0.15, 0.2) is 5.82 Å². The van der Waals surface area contributed by atoms with Gasteiger partial charge in [-0.25, -0.2) is 0 Å². The van der Waals surface area contributed by atoms with Crippen molar-refractivity contribution in [2.24, 2.45) is 7.05 Å². The molecular formula is C18H21N5O2. The Kier molecular flexibility index (Phi) is 4.65. The van der Waals surface area contributed by atoms with Gasteiger partial charge in [0, 0.05) is 24.8 Å². The molecule has 3 rings (SSSR count). The van der Waals surface area contributed by atoms with Crippen LogP contribution >= 0.6 is 0 Å². The maximum atomic E-state index is 12.8. The summed E-state index contributed by atoms with van der Waals surface area (Å²) in [6, 6.07) is 5.19. The Morgan fingerprint density at radius 2 is 2.20 bits per heavy atom. The summed E-state index contributed by atoms with van der Waals surface area (Å²) < 4.78 is 1.77. The van der Waals surface area contributed by atoms with E-state index in [2.05, 4.69) is 22.1 Å². The summed E-state index contributed by atoms with van der Waals surface area (Å²) in [5.41, 5.74) is 2.27. The molecule has 0 saturated carbocycles. The molecule has 7 heteroatoms. The molecule has 1 aliphatic rings. The smallest absolute Gasteiger partial charge is 0.252 e. The van der Waals surface area contributed by atoms with Crippen molar-refractivity contribution < 1.29 is 9.59 Å². The minimum Gasteiger partial charge on any atom is -0.342 e. The summed E-state index contributed by atoms with van der Waals surface area (Å²) in [6.45, 7) is 6.06. The van der Waals surface area contributed by atoms with Crippen LogP contribution in [-0.2, 0) is 18.3 Å². The predicted octanol–water partition coefficient (Wildman–Crippen LogP) is 1.77. The molecule has 7 nitrogen and oxygen atoms in total. The van der Waals surface area contributed by atoms with E-state index >= 15 is 0 Å². The largest absolute Gasteiger partial charge is 0.342 e. The average Bonchev–Trinajstić information content (AvgIpc) is 3.06. The molecule has 25 heavy (non-hydrogen) atoms. The Bertz CT molecular complexity index is 827. The van der Waals surface area contributed by atoms with Gasteiger partial charge in [0.1, 0.15) is 6.33 Å². The van der Waals surface area contributed by atoms with Crippen LogP contribution in [0, 0.1) is 0 Å². The number of benzene rings is 1. The van der Waals surface area contributed by atoms with Crippen LogP contribution in [-0.4, -0.2) is 33.1 Å². The van der Waals surface area contributed by atoms with Gasteiger partial charge in [-0.15, -0.1) is 10.2 Å². The van der Waals surface area contributed by atoms with Gasteiger partial charge in [-0.2, -0.15) is 0 Å². The number of hydrogen-bond acceptors (Lipinski definition) is 4. The normalized spacial score (nSPS) is 14.6. The van der Waals surface area contributed by atoms with Crippen LogP contribution < -0.4 is 10.2 Å². The molecule has 130 valence electrons. The summed E-state index contributed by atoms with van der Waals surface area (Å²) in [7, 11) is 1.83. The lowest BCUT2D eigenvalue weighted by Gasteiger charge is -2.30. The molecular weight excluding hydrogens is 318 g/mol. The number of carbonyl (C=O) groups is 2. The first-order valence-electron chi connectivity index (χ1n) is 8.23. The van der Waals surface area contributed by atoms with Crippen molar-refractivity contribution in [3.05, 3.63) is 54.1 Å². The highest BCUT2D eigenvalue weighted by atomic mass is 16.2. The lowest BCUT2D eigenvalue weighted by Crippen LogP contribution is -2.36. The Labute approximate surface area is 146 Å². The molecule has 1 aromatic carbocycles. The number of hydrogen-bond donors (Lipinski definition) is 1. The molecule has 1 N–H and O–H groups in total. The molecule has 0 radical (unpaired) electrons. The minimum atomic E-state index is -0.273. The van der Waals surface area contributed by atoms with Gasteiger partial charge < -0.3 is 14.8 Å². The standard InChI is InChI=1S/C18H21N5O2/c1-4-16(24)23-10-6-8-13-14(7-5-9-15(13)23)18(25)20-12(2)17-21-19-11-22(17)3/h4-5,7,9,11-12H,1,6,8,10H2,2-3H3,(H,20,25). The van der Waals surface area contributed by atoms with Crippen molar-refractivity contribution in [3.63, 3.8) is 0 Å². The maximum absolute atomic E-state index is 12.8. The Morgan fingerprint density at radius 3 is 2.88 bits per heavy atom. The van der Waals surface area contributed by atoms with Crippen LogP contribution in [0.4, 0.5) is 5.69 Å². The summed E-state index contributed by atoms with van der Waals surface area (Å²) in [5, 5.41) is 10.8. The van der Waals surface area contributed by atoms with Crippen molar-refractivity contribution in [1.29, 1.82) is 0 Å². The molecule has 0 fully saturated rings. The number of anilines is 1. The van der Waals surface area contributed by atoms with E-state index in [0.29, 0.717) is 17.9 Å². The summed E-state index contributed by atoms with van der Waals surface area (Å²) in [5.74, 6) is 0.354. The van der Waals surface area contributed by atoms with E-state index in [1.54, 1.807) is 27.9 Å². The van der Waals surface area contributed by atoms with E-state index < -0.39 is 0 Å². The molecule has 2 heterocycles. The second kappa shape index (κ2) is 6.88. The zero-order valence-electron chi connectivity index (χ0n) is 14.4. The third-order valence-electron chi connectivity index (χ3n) is 4.42. The van der Waals surface area contributed by atoms with Crippen molar-refractivity contribution in [1.82, 2.24) is 20.1 Å². The van der Waals surface area contributed by atoms with Gasteiger partial charge >= 0.3 is 0 Å². The van der Waals surface area contributed by atoms with Crippen LogP contribution in [0.25, 0.3) is 0 Å². The monoisotopic (exact) mass is 339 g/mol. The first kappa shape index (κ1) is 16.9. The number of aromatic nitrogens is 3. The summed E-state index contributed by atoms with van der Waals surface area (Å²) >= 11 is 0. The fourth-order valence-electron chi connectivity index (χ4n) is 3.20. The molecule has 0 bridgehead atoms. The lowest BCUT2D eigenvalue weighted by atomic mass is 9.95.